The molecule has 6 heteroatoms. The highest BCUT2D eigenvalue weighted by molar-refractivity contribution is 5.71. The van der Waals surface area contributed by atoms with Gasteiger partial charge in [-0.25, -0.2) is 0 Å². The third kappa shape index (κ3) is 61.8. The Morgan fingerprint density at radius 3 is 0.844 bits per heavy atom. The smallest absolute Gasteiger partial charge is 0.306 e. The topological polar surface area (TPSA) is 78.9 Å². The molecule has 0 saturated heterocycles. The highest BCUT2D eigenvalue weighted by Crippen LogP contribution is 2.13. The lowest BCUT2D eigenvalue weighted by atomic mass is 10.1. The summed E-state index contributed by atoms with van der Waals surface area (Å²) in [4.78, 5) is 38.0. The molecule has 0 aliphatic heterocycles. The number of allylic oxidation sites excluding steroid dienone is 26. The standard InChI is InChI=1S/C71H112O6/c1-4-7-10-13-16-18-20-22-24-26-28-29-30-31-32-33-34-35-36-37-38-39-40-41-43-44-46-48-50-52-55-58-61-64-70(73)76-67-68(66-75-69(72)63-60-57-54-15-12-9-6-3)77-71(74)65-62-59-56-53-51-49-47-45-42-27-25-23-21-19-17-14-11-8-5-2/h7,10,16-19,22-25,28-29,31-32,34-35,37-38,40-42,44-46,50,52,68H,4-6,8-9,11-15,20-21,26-27,30,33,36,39,43,47-49,51,53-67H2,1-3H3/b10-7-,18-16-,19-17-,24-22-,25-23-,29-28-,32-31-,35-34-,38-37-,41-40-,45-42-,46-44-,52-50-. The zero-order valence-corrected chi connectivity index (χ0v) is 49.4. The second kappa shape index (κ2) is 63.6. The Hall–Kier alpha value is -4.97. The molecule has 0 aromatic carbocycles. The van der Waals surface area contributed by atoms with Gasteiger partial charge in [0.2, 0.25) is 0 Å². The van der Waals surface area contributed by atoms with Gasteiger partial charge in [0.25, 0.3) is 0 Å². The minimum Gasteiger partial charge on any atom is -0.462 e. The van der Waals surface area contributed by atoms with Gasteiger partial charge in [0.15, 0.2) is 6.10 Å². The average Bonchev–Trinajstić information content (AvgIpc) is 3.43. The van der Waals surface area contributed by atoms with E-state index in [2.05, 4.69) is 179 Å². The van der Waals surface area contributed by atoms with Crippen molar-refractivity contribution in [1.82, 2.24) is 0 Å². The van der Waals surface area contributed by atoms with Crippen molar-refractivity contribution in [3.05, 3.63) is 158 Å². The van der Waals surface area contributed by atoms with Crippen LogP contribution in [0.4, 0.5) is 0 Å². The first kappa shape index (κ1) is 72.0. The van der Waals surface area contributed by atoms with Gasteiger partial charge in [-0.3, -0.25) is 14.4 Å². The second-order valence-electron chi connectivity index (χ2n) is 19.9. The van der Waals surface area contributed by atoms with Crippen molar-refractivity contribution in [2.45, 2.75) is 258 Å². The Bertz CT molecular complexity index is 1740. The fourth-order valence-corrected chi connectivity index (χ4v) is 7.89. The van der Waals surface area contributed by atoms with E-state index in [-0.39, 0.29) is 31.1 Å². The molecule has 0 saturated carbocycles. The van der Waals surface area contributed by atoms with Gasteiger partial charge in [-0.15, -0.1) is 0 Å². The zero-order valence-electron chi connectivity index (χ0n) is 49.4. The molecule has 0 spiro atoms. The van der Waals surface area contributed by atoms with Crippen molar-refractivity contribution in [2.24, 2.45) is 0 Å². The lowest BCUT2D eigenvalue weighted by molar-refractivity contribution is -0.167. The Labute approximate surface area is 473 Å². The van der Waals surface area contributed by atoms with E-state index in [0.29, 0.717) is 25.7 Å². The van der Waals surface area contributed by atoms with Crippen molar-refractivity contribution in [1.29, 1.82) is 0 Å². The maximum Gasteiger partial charge on any atom is 0.306 e. The summed E-state index contributed by atoms with van der Waals surface area (Å²) in [6.45, 7) is 6.39. The number of carbonyl (C=O) groups is 3. The molecule has 0 heterocycles. The molecule has 0 aliphatic carbocycles. The minimum atomic E-state index is -0.807. The summed E-state index contributed by atoms with van der Waals surface area (Å²) in [6, 6.07) is 0. The third-order valence-electron chi connectivity index (χ3n) is 12.5. The van der Waals surface area contributed by atoms with Crippen LogP contribution < -0.4 is 0 Å². The van der Waals surface area contributed by atoms with Gasteiger partial charge < -0.3 is 14.2 Å². The molecular weight excluding hydrogens is 949 g/mol. The Balaban J connectivity index is 4.29. The van der Waals surface area contributed by atoms with Crippen LogP contribution in [-0.2, 0) is 28.6 Å². The summed E-state index contributed by atoms with van der Waals surface area (Å²) in [5, 5.41) is 0. The summed E-state index contributed by atoms with van der Waals surface area (Å²) in [5.41, 5.74) is 0. The van der Waals surface area contributed by atoms with E-state index < -0.39 is 6.10 Å². The van der Waals surface area contributed by atoms with Gasteiger partial charge in [0.1, 0.15) is 13.2 Å². The fraction of sp³-hybridized carbons (Fsp3) is 0.592. The Morgan fingerprint density at radius 1 is 0.273 bits per heavy atom. The predicted molar refractivity (Wildman–Crippen MR) is 334 cm³/mol. The predicted octanol–water partition coefficient (Wildman–Crippen LogP) is 21.3. The largest absolute Gasteiger partial charge is 0.462 e. The lowest BCUT2D eigenvalue weighted by Gasteiger charge is -2.18. The van der Waals surface area contributed by atoms with Crippen LogP contribution in [0.1, 0.15) is 252 Å². The number of carbonyl (C=O) groups excluding carboxylic acids is 3. The molecule has 0 bridgehead atoms. The van der Waals surface area contributed by atoms with Crippen LogP contribution in [0.2, 0.25) is 0 Å². The van der Waals surface area contributed by atoms with Crippen LogP contribution in [0, 0.1) is 0 Å². The minimum absolute atomic E-state index is 0.102. The van der Waals surface area contributed by atoms with Crippen molar-refractivity contribution in [2.75, 3.05) is 13.2 Å². The number of hydrogen-bond donors (Lipinski definition) is 0. The van der Waals surface area contributed by atoms with Gasteiger partial charge in [-0.05, 0) is 135 Å². The van der Waals surface area contributed by atoms with Crippen molar-refractivity contribution in [3.8, 4) is 0 Å². The fourth-order valence-electron chi connectivity index (χ4n) is 7.89. The summed E-state index contributed by atoms with van der Waals surface area (Å²) in [5.74, 6) is -0.974. The molecule has 0 amide bonds. The number of rotatable bonds is 54. The van der Waals surface area contributed by atoms with Crippen molar-refractivity contribution in [3.63, 3.8) is 0 Å². The summed E-state index contributed by atoms with van der Waals surface area (Å²) < 4.78 is 16.7. The highest BCUT2D eigenvalue weighted by Gasteiger charge is 2.19. The van der Waals surface area contributed by atoms with Crippen LogP contribution in [0.15, 0.2) is 158 Å². The molecule has 0 N–H and O–H groups in total. The maximum absolute atomic E-state index is 12.8. The number of hydrogen-bond acceptors (Lipinski definition) is 6. The average molecular weight is 1060 g/mol. The molecule has 0 radical (unpaired) electrons. The Morgan fingerprint density at radius 2 is 0.506 bits per heavy atom. The number of ether oxygens (including phenoxy) is 3. The first-order chi connectivity index (χ1) is 38.0. The third-order valence-corrected chi connectivity index (χ3v) is 12.5. The van der Waals surface area contributed by atoms with Crippen LogP contribution >= 0.6 is 0 Å². The maximum atomic E-state index is 12.8. The van der Waals surface area contributed by atoms with Crippen LogP contribution in [0.5, 0.6) is 0 Å². The number of esters is 3. The normalized spacial score (nSPS) is 13.2. The molecule has 77 heavy (non-hydrogen) atoms. The molecule has 432 valence electrons. The second-order valence-corrected chi connectivity index (χ2v) is 19.9. The summed E-state index contributed by atoms with van der Waals surface area (Å²) in [7, 11) is 0. The number of unbranched alkanes of at least 4 members (excludes halogenated alkanes) is 17. The summed E-state index contributed by atoms with van der Waals surface area (Å²) >= 11 is 0. The van der Waals surface area contributed by atoms with E-state index in [0.717, 1.165) is 141 Å². The molecule has 0 aliphatic rings. The monoisotopic (exact) mass is 1060 g/mol. The molecule has 0 fully saturated rings. The summed E-state index contributed by atoms with van der Waals surface area (Å²) in [6.07, 6.45) is 92.7. The van der Waals surface area contributed by atoms with E-state index in [1.54, 1.807) is 0 Å². The SMILES string of the molecule is CC/C=C\C/C=C\C/C=C\C/C=C\C/C=C\C/C=C\C/C=C\C/C=C\C/C=C\C/C=C\CCCCC(=O)OCC(COC(=O)CCCCCCCCC)OC(=O)CCCCCCCC/C=C\C/C=C\C/C=C\CCCCC. The molecule has 1 unspecified atom stereocenters. The van der Waals surface area contributed by atoms with E-state index >= 15 is 0 Å². The van der Waals surface area contributed by atoms with E-state index in [1.165, 1.54) is 64.2 Å². The molecule has 0 aromatic heterocycles. The van der Waals surface area contributed by atoms with Gasteiger partial charge in [-0.2, -0.15) is 0 Å². The van der Waals surface area contributed by atoms with Crippen LogP contribution in [-0.4, -0.2) is 37.2 Å². The van der Waals surface area contributed by atoms with Crippen LogP contribution in [0.3, 0.4) is 0 Å². The lowest BCUT2D eigenvalue weighted by Crippen LogP contribution is -2.30. The molecule has 1 atom stereocenters. The molecular formula is C71H112O6. The quantitative estimate of drug-likeness (QED) is 0.0261. The van der Waals surface area contributed by atoms with Crippen molar-refractivity contribution < 1.29 is 28.6 Å². The van der Waals surface area contributed by atoms with E-state index in [4.69, 9.17) is 14.2 Å². The van der Waals surface area contributed by atoms with Gasteiger partial charge >= 0.3 is 17.9 Å². The highest BCUT2D eigenvalue weighted by atomic mass is 16.6. The zero-order chi connectivity index (χ0) is 55.7. The molecule has 0 aromatic rings. The first-order valence-corrected chi connectivity index (χ1v) is 31.0. The first-order valence-electron chi connectivity index (χ1n) is 31.0. The van der Waals surface area contributed by atoms with Gasteiger partial charge in [-0.1, -0.05) is 256 Å². The van der Waals surface area contributed by atoms with Crippen molar-refractivity contribution >= 4 is 17.9 Å². The van der Waals surface area contributed by atoms with Gasteiger partial charge in [0, 0.05) is 19.3 Å². The Kier molecular flexibility index (Phi) is 59.5. The van der Waals surface area contributed by atoms with Crippen LogP contribution in [0.25, 0.3) is 0 Å². The van der Waals surface area contributed by atoms with E-state index in [9.17, 15) is 14.4 Å². The molecule has 0 rings (SSSR count). The van der Waals surface area contributed by atoms with E-state index in [1.807, 2.05) is 0 Å². The molecule has 6 nitrogen and oxygen atoms in total. The van der Waals surface area contributed by atoms with Gasteiger partial charge in [0.05, 0.1) is 0 Å².